The second kappa shape index (κ2) is 7.87. The van der Waals surface area contributed by atoms with Crippen molar-refractivity contribution in [2.75, 3.05) is 13.1 Å². The monoisotopic (exact) mass is 358 g/mol. The van der Waals surface area contributed by atoms with Gasteiger partial charge in [-0.2, -0.15) is 5.26 Å². The highest BCUT2D eigenvalue weighted by Crippen LogP contribution is 2.51. The molecular formula is C25H30N2. The van der Waals surface area contributed by atoms with Crippen molar-refractivity contribution in [3.05, 3.63) is 59.7 Å². The summed E-state index contributed by atoms with van der Waals surface area (Å²) in [5, 5.41) is 10.4. The fraction of sp³-hybridized carbons (Fsp3) is 0.480. The highest BCUT2D eigenvalue weighted by atomic mass is 15.2. The van der Waals surface area contributed by atoms with Crippen molar-refractivity contribution in [3.8, 4) is 17.2 Å². The van der Waals surface area contributed by atoms with E-state index >= 15 is 0 Å². The number of nitrogens with zero attached hydrogens (tertiary/aromatic N) is 2. The average molecular weight is 359 g/mol. The minimum absolute atomic E-state index is 0.491. The SMILES string of the molecule is CCCC(CCC1(C#N)c2ccccc2-c2ccccc21)N1CCCCC1. The van der Waals surface area contributed by atoms with Crippen LogP contribution < -0.4 is 0 Å². The van der Waals surface area contributed by atoms with Crippen molar-refractivity contribution < 1.29 is 0 Å². The van der Waals surface area contributed by atoms with E-state index in [9.17, 15) is 5.26 Å². The van der Waals surface area contributed by atoms with E-state index in [0.717, 1.165) is 12.8 Å². The molecule has 2 aliphatic rings. The van der Waals surface area contributed by atoms with Crippen LogP contribution in [0.4, 0.5) is 0 Å². The molecule has 4 rings (SSSR count). The van der Waals surface area contributed by atoms with Crippen LogP contribution in [-0.2, 0) is 5.41 Å². The van der Waals surface area contributed by atoms with Gasteiger partial charge >= 0.3 is 0 Å². The van der Waals surface area contributed by atoms with Crippen LogP contribution in [0, 0.1) is 11.3 Å². The summed E-state index contributed by atoms with van der Waals surface area (Å²) in [4.78, 5) is 2.70. The van der Waals surface area contributed by atoms with Gasteiger partial charge in [0.25, 0.3) is 0 Å². The largest absolute Gasteiger partial charge is 0.300 e. The predicted octanol–water partition coefficient (Wildman–Crippen LogP) is 5.91. The molecule has 2 heteroatoms. The zero-order valence-electron chi connectivity index (χ0n) is 16.5. The highest BCUT2D eigenvalue weighted by molar-refractivity contribution is 5.82. The van der Waals surface area contributed by atoms with Crippen molar-refractivity contribution in [1.82, 2.24) is 4.90 Å². The summed E-state index contributed by atoms with van der Waals surface area (Å²) >= 11 is 0. The van der Waals surface area contributed by atoms with Gasteiger partial charge in [0, 0.05) is 6.04 Å². The third-order valence-electron chi connectivity index (χ3n) is 6.64. The number of likely N-dealkylation sites (tertiary alicyclic amines) is 1. The third kappa shape index (κ3) is 3.19. The normalized spacial score (nSPS) is 19.1. The Morgan fingerprint density at radius 1 is 0.926 bits per heavy atom. The molecule has 2 aromatic rings. The fourth-order valence-corrected chi connectivity index (χ4v) is 5.28. The first kappa shape index (κ1) is 18.3. The maximum atomic E-state index is 10.4. The first-order valence-electron chi connectivity index (χ1n) is 10.6. The predicted molar refractivity (Wildman–Crippen MR) is 112 cm³/mol. The van der Waals surface area contributed by atoms with Crippen LogP contribution in [-0.4, -0.2) is 24.0 Å². The summed E-state index contributed by atoms with van der Waals surface area (Å²) in [6, 6.07) is 20.5. The molecule has 2 nitrogen and oxygen atoms in total. The van der Waals surface area contributed by atoms with Gasteiger partial charge in [-0.1, -0.05) is 68.3 Å². The molecule has 1 unspecified atom stereocenters. The molecule has 140 valence electrons. The number of nitriles is 1. The van der Waals surface area contributed by atoms with Crippen LogP contribution in [0.5, 0.6) is 0 Å². The standard InChI is InChI=1S/C25H30N2/c1-2-10-20(27-17-8-3-9-18-27)15-16-25(19-26)23-13-6-4-11-21(23)22-12-5-7-14-24(22)25/h4-7,11-14,20H,2-3,8-10,15-18H2,1H3. The van der Waals surface area contributed by atoms with Crippen molar-refractivity contribution in [3.63, 3.8) is 0 Å². The van der Waals surface area contributed by atoms with Gasteiger partial charge in [-0.25, -0.2) is 0 Å². The van der Waals surface area contributed by atoms with Crippen molar-refractivity contribution in [2.24, 2.45) is 0 Å². The van der Waals surface area contributed by atoms with Gasteiger partial charge < -0.3 is 4.90 Å². The molecule has 0 spiro atoms. The van der Waals surface area contributed by atoms with Crippen LogP contribution in [0.1, 0.15) is 63.0 Å². The van der Waals surface area contributed by atoms with E-state index < -0.39 is 5.41 Å². The molecule has 0 saturated carbocycles. The highest BCUT2D eigenvalue weighted by Gasteiger charge is 2.43. The molecule has 1 atom stereocenters. The lowest BCUT2D eigenvalue weighted by atomic mass is 9.74. The smallest absolute Gasteiger partial charge is 0.108 e. The molecule has 0 amide bonds. The van der Waals surface area contributed by atoms with Gasteiger partial charge in [0.1, 0.15) is 5.41 Å². The average Bonchev–Trinajstić information content (AvgIpc) is 3.02. The number of hydrogen-bond donors (Lipinski definition) is 0. The van der Waals surface area contributed by atoms with Crippen LogP contribution in [0.15, 0.2) is 48.5 Å². The Labute approximate surface area is 163 Å². The maximum Gasteiger partial charge on any atom is 0.108 e. The topological polar surface area (TPSA) is 27.0 Å². The van der Waals surface area contributed by atoms with E-state index in [1.807, 2.05) is 0 Å². The maximum absolute atomic E-state index is 10.4. The molecule has 2 aromatic carbocycles. The Morgan fingerprint density at radius 2 is 1.52 bits per heavy atom. The number of piperidine rings is 1. The molecule has 1 heterocycles. The van der Waals surface area contributed by atoms with E-state index in [1.54, 1.807) is 0 Å². The van der Waals surface area contributed by atoms with Gasteiger partial charge in [-0.15, -0.1) is 0 Å². The number of benzene rings is 2. The van der Waals surface area contributed by atoms with Gasteiger partial charge in [-0.3, -0.25) is 0 Å². The molecule has 27 heavy (non-hydrogen) atoms. The molecule has 1 fully saturated rings. The van der Waals surface area contributed by atoms with E-state index in [1.165, 1.54) is 67.4 Å². The van der Waals surface area contributed by atoms with Crippen LogP contribution in [0.3, 0.4) is 0 Å². The molecule has 0 radical (unpaired) electrons. The Bertz CT molecular complexity index is 781. The van der Waals surface area contributed by atoms with E-state index in [-0.39, 0.29) is 0 Å². The lowest BCUT2D eigenvalue weighted by Crippen LogP contribution is -2.40. The summed E-state index contributed by atoms with van der Waals surface area (Å²) in [5.41, 5.74) is 4.43. The van der Waals surface area contributed by atoms with E-state index in [4.69, 9.17) is 0 Å². The van der Waals surface area contributed by atoms with Gasteiger partial charge in [0.15, 0.2) is 0 Å². The van der Waals surface area contributed by atoms with Crippen molar-refractivity contribution >= 4 is 0 Å². The van der Waals surface area contributed by atoms with Crippen LogP contribution in [0.25, 0.3) is 11.1 Å². The lowest BCUT2D eigenvalue weighted by Gasteiger charge is -2.36. The van der Waals surface area contributed by atoms with Crippen molar-refractivity contribution in [2.45, 2.75) is 63.3 Å². The summed E-state index contributed by atoms with van der Waals surface area (Å²) < 4.78 is 0. The van der Waals surface area contributed by atoms with Crippen molar-refractivity contribution in [1.29, 1.82) is 5.26 Å². The summed E-state index contributed by atoms with van der Waals surface area (Å²) in [6.07, 6.45) is 8.50. The number of fused-ring (bicyclic) bond motifs is 3. The zero-order valence-corrected chi connectivity index (χ0v) is 16.5. The molecule has 0 aromatic heterocycles. The molecule has 1 aliphatic carbocycles. The minimum atomic E-state index is -0.491. The molecular weight excluding hydrogens is 328 g/mol. The number of hydrogen-bond acceptors (Lipinski definition) is 2. The first-order chi connectivity index (χ1) is 13.3. The van der Waals surface area contributed by atoms with Crippen LogP contribution in [0.2, 0.25) is 0 Å². The molecule has 0 N–H and O–H groups in total. The van der Waals surface area contributed by atoms with Gasteiger partial charge in [-0.05, 0) is 67.4 Å². The second-order valence-corrected chi connectivity index (χ2v) is 8.19. The Balaban J connectivity index is 1.65. The second-order valence-electron chi connectivity index (χ2n) is 8.19. The minimum Gasteiger partial charge on any atom is -0.300 e. The first-order valence-corrected chi connectivity index (χ1v) is 10.6. The Morgan fingerprint density at radius 3 is 2.07 bits per heavy atom. The zero-order chi connectivity index (χ0) is 18.7. The Hall–Kier alpha value is -2.11. The summed E-state index contributed by atoms with van der Waals surface area (Å²) in [5.74, 6) is 0. The quantitative estimate of drug-likeness (QED) is 0.641. The van der Waals surface area contributed by atoms with Gasteiger partial charge in [0.05, 0.1) is 6.07 Å². The lowest BCUT2D eigenvalue weighted by molar-refractivity contribution is 0.142. The van der Waals surface area contributed by atoms with Crippen LogP contribution >= 0.6 is 0 Å². The van der Waals surface area contributed by atoms with E-state index in [0.29, 0.717) is 6.04 Å². The number of rotatable bonds is 6. The van der Waals surface area contributed by atoms with Gasteiger partial charge in [0.2, 0.25) is 0 Å². The third-order valence-corrected chi connectivity index (χ3v) is 6.64. The molecule has 1 aliphatic heterocycles. The Kier molecular flexibility index (Phi) is 5.32. The summed E-state index contributed by atoms with van der Waals surface area (Å²) in [6.45, 7) is 4.76. The van der Waals surface area contributed by atoms with E-state index in [2.05, 4.69) is 66.4 Å². The molecule has 1 saturated heterocycles. The molecule has 0 bridgehead atoms. The summed E-state index contributed by atoms with van der Waals surface area (Å²) in [7, 11) is 0. The fourth-order valence-electron chi connectivity index (χ4n) is 5.28.